The van der Waals surface area contributed by atoms with Gasteiger partial charge in [0.2, 0.25) is 0 Å². The third kappa shape index (κ3) is 3.61. The topological polar surface area (TPSA) is 69.2 Å². The van der Waals surface area contributed by atoms with Crippen molar-refractivity contribution in [2.45, 2.75) is 57.5 Å². The molecule has 0 bridgehead atoms. The Labute approximate surface area is 147 Å². The van der Waals surface area contributed by atoms with Crippen molar-refractivity contribution in [3.05, 3.63) is 57.3 Å². The SMILES string of the molecule is O=c1[nH]c(C2CCCCC2)nc2c1CN(Cc1cccc(O)c1)CC2. The van der Waals surface area contributed by atoms with Crippen LogP contribution in [0.4, 0.5) is 0 Å². The van der Waals surface area contributed by atoms with E-state index in [1.54, 1.807) is 12.1 Å². The fraction of sp³-hybridized carbons (Fsp3) is 0.500. The van der Waals surface area contributed by atoms with Crippen LogP contribution in [0.1, 0.15) is 60.7 Å². The van der Waals surface area contributed by atoms with Crippen molar-refractivity contribution in [2.75, 3.05) is 6.54 Å². The van der Waals surface area contributed by atoms with E-state index in [9.17, 15) is 9.90 Å². The summed E-state index contributed by atoms with van der Waals surface area (Å²) in [6.45, 7) is 2.25. The summed E-state index contributed by atoms with van der Waals surface area (Å²) in [5.74, 6) is 1.62. The second kappa shape index (κ2) is 7.00. The third-order valence-electron chi connectivity index (χ3n) is 5.47. The van der Waals surface area contributed by atoms with Crippen LogP contribution in [0.25, 0.3) is 0 Å². The first kappa shape index (κ1) is 16.3. The lowest BCUT2D eigenvalue weighted by Gasteiger charge is -2.29. The number of H-pyrrole nitrogens is 1. The van der Waals surface area contributed by atoms with E-state index in [1.807, 2.05) is 12.1 Å². The number of fused-ring (bicyclic) bond motifs is 1. The van der Waals surface area contributed by atoms with Gasteiger partial charge in [-0.05, 0) is 30.5 Å². The lowest BCUT2D eigenvalue weighted by atomic mass is 9.88. The predicted octanol–water partition coefficient (Wildman–Crippen LogP) is 3.08. The molecular weight excluding hydrogens is 314 g/mol. The van der Waals surface area contributed by atoms with Gasteiger partial charge < -0.3 is 10.1 Å². The number of phenolic OH excluding ortho intramolecular Hbond substituents is 1. The fourth-order valence-electron chi connectivity index (χ4n) is 4.12. The maximum absolute atomic E-state index is 12.6. The Morgan fingerprint density at radius 2 is 2.08 bits per heavy atom. The van der Waals surface area contributed by atoms with Crippen LogP contribution in [0.2, 0.25) is 0 Å². The number of aromatic nitrogens is 2. The second-order valence-corrected chi connectivity index (χ2v) is 7.34. The van der Waals surface area contributed by atoms with Gasteiger partial charge in [0.1, 0.15) is 11.6 Å². The molecule has 0 amide bonds. The van der Waals surface area contributed by atoms with E-state index in [0.717, 1.165) is 55.0 Å². The second-order valence-electron chi connectivity index (χ2n) is 7.34. The molecule has 0 radical (unpaired) electrons. The van der Waals surface area contributed by atoms with Gasteiger partial charge in [-0.3, -0.25) is 9.69 Å². The van der Waals surface area contributed by atoms with E-state index in [0.29, 0.717) is 12.5 Å². The van der Waals surface area contributed by atoms with Gasteiger partial charge in [0.25, 0.3) is 5.56 Å². The summed E-state index contributed by atoms with van der Waals surface area (Å²) in [4.78, 5) is 22.8. The lowest BCUT2D eigenvalue weighted by molar-refractivity contribution is 0.240. The normalized spacial score (nSPS) is 18.9. The van der Waals surface area contributed by atoms with E-state index in [1.165, 1.54) is 19.3 Å². The molecule has 1 saturated carbocycles. The van der Waals surface area contributed by atoms with Gasteiger partial charge in [-0.25, -0.2) is 4.98 Å². The van der Waals surface area contributed by atoms with Crippen LogP contribution in [0.5, 0.6) is 5.75 Å². The average molecular weight is 339 g/mol. The number of aromatic hydroxyl groups is 1. The number of nitrogens with one attached hydrogen (secondary N) is 1. The van der Waals surface area contributed by atoms with Gasteiger partial charge in [-0.15, -0.1) is 0 Å². The summed E-state index contributed by atoms with van der Waals surface area (Å²) < 4.78 is 0. The lowest BCUT2D eigenvalue weighted by Crippen LogP contribution is -2.36. The van der Waals surface area contributed by atoms with E-state index >= 15 is 0 Å². The van der Waals surface area contributed by atoms with Crippen LogP contribution in [-0.2, 0) is 19.5 Å². The van der Waals surface area contributed by atoms with Crippen molar-refractivity contribution in [1.29, 1.82) is 0 Å². The Hall–Kier alpha value is -2.14. The Balaban J connectivity index is 1.52. The highest BCUT2D eigenvalue weighted by molar-refractivity contribution is 5.28. The molecule has 2 N–H and O–H groups in total. The van der Waals surface area contributed by atoms with Crippen LogP contribution in [-0.4, -0.2) is 26.5 Å². The average Bonchev–Trinajstić information content (AvgIpc) is 2.63. The van der Waals surface area contributed by atoms with Crippen molar-refractivity contribution in [1.82, 2.24) is 14.9 Å². The van der Waals surface area contributed by atoms with Crippen molar-refractivity contribution in [2.24, 2.45) is 0 Å². The number of rotatable bonds is 3. The number of phenols is 1. The van der Waals surface area contributed by atoms with Crippen LogP contribution in [0.3, 0.4) is 0 Å². The summed E-state index contributed by atoms with van der Waals surface area (Å²) in [5.41, 5.74) is 2.89. The molecule has 25 heavy (non-hydrogen) atoms. The first-order chi connectivity index (χ1) is 12.2. The molecule has 0 atom stereocenters. The van der Waals surface area contributed by atoms with Crippen LogP contribution >= 0.6 is 0 Å². The first-order valence-corrected chi connectivity index (χ1v) is 9.31. The maximum atomic E-state index is 12.6. The molecule has 1 aliphatic carbocycles. The summed E-state index contributed by atoms with van der Waals surface area (Å²) in [5, 5.41) is 9.62. The fourth-order valence-corrected chi connectivity index (χ4v) is 4.12. The van der Waals surface area contributed by atoms with Gasteiger partial charge in [0.05, 0.1) is 11.3 Å². The monoisotopic (exact) mass is 339 g/mol. The Morgan fingerprint density at radius 1 is 1.24 bits per heavy atom. The highest BCUT2D eigenvalue weighted by atomic mass is 16.3. The van der Waals surface area contributed by atoms with Gasteiger partial charge in [0, 0.05) is 32.0 Å². The maximum Gasteiger partial charge on any atom is 0.255 e. The highest BCUT2D eigenvalue weighted by Crippen LogP contribution is 2.30. The minimum absolute atomic E-state index is 0.0335. The van der Waals surface area contributed by atoms with Crippen LogP contribution in [0.15, 0.2) is 29.1 Å². The molecule has 1 aliphatic heterocycles. The van der Waals surface area contributed by atoms with Gasteiger partial charge in [0.15, 0.2) is 0 Å². The predicted molar refractivity (Wildman–Crippen MR) is 96.6 cm³/mol. The first-order valence-electron chi connectivity index (χ1n) is 9.31. The van der Waals surface area contributed by atoms with Gasteiger partial charge in [-0.2, -0.15) is 0 Å². The largest absolute Gasteiger partial charge is 0.508 e. The Morgan fingerprint density at radius 3 is 2.88 bits per heavy atom. The van der Waals surface area contributed by atoms with Crippen molar-refractivity contribution in [3.63, 3.8) is 0 Å². The molecule has 2 aromatic rings. The summed E-state index contributed by atoms with van der Waals surface area (Å²) in [6, 6.07) is 7.32. The minimum Gasteiger partial charge on any atom is -0.508 e. The molecular formula is C20H25N3O2. The number of hydrogen-bond donors (Lipinski definition) is 2. The molecule has 1 fully saturated rings. The summed E-state index contributed by atoms with van der Waals surface area (Å²) in [6.07, 6.45) is 6.89. The van der Waals surface area contributed by atoms with Crippen molar-refractivity contribution in [3.8, 4) is 5.75 Å². The molecule has 2 aliphatic rings. The van der Waals surface area contributed by atoms with E-state index in [4.69, 9.17) is 4.98 Å². The highest BCUT2D eigenvalue weighted by Gasteiger charge is 2.24. The Bertz CT molecular complexity index is 809. The standard InChI is InChI=1S/C20H25N3O2/c24-16-8-4-5-14(11-16)12-23-10-9-18-17(13-23)20(25)22-19(21-18)15-6-2-1-3-7-15/h4-5,8,11,15,24H,1-3,6-7,9-10,12-13H2,(H,21,22,25). The summed E-state index contributed by atoms with van der Waals surface area (Å²) >= 11 is 0. The zero-order valence-electron chi connectivity index (χ0n) is 14.5. The van der Waals surface area contributed by atoms with Crippen LogP contribution < -0.4 is 5.56 Å². The number of aromatic amines is 1. The number of hydrogen-bond acceptors (Lipinski definition) is 4. The minimum atomic E-state index is 0.0335. The zero-order valence-corrected chi connectivity index (χ0v) is 14.5. The number of benzene rings is 1. The third-order valence-corrected chi connectivity index (χ3v) is 5.47. The quantitative estimate of drug-likeness (QED) is 0.902. The van der Waals surface area contributed by atoms with Gasteiger partial charge >= 0.3 is 0 Å². The van der Waals surface area contributed by atoms with Crippen molar-refractivity contribution >= 4 is 0 Å². The molecule has 1 aromatic carbocycles. The molecule has 4 rings (SSSR count). The molecule has 132 valence electrons. The molecule has 0 spiro atoms. The van der Waals surface area contributed by atoms with Crippen LogP contribution in [0, 0.1) is 0 Å². The molecule has 5 heteroatoms. The van der Waals surface area contributed by atoms with Gasteiger partial charge in [-0.1, -0.05) is 31.4 Å². The molecule has 0 saturated heterocycles. The van der Waals surface area contributed by atoms with E-state index < -0.39 is 0 Å². The molecule has 5 nitrogen and oxygen atoms in total. The molecule has 2 heterocycles. The Kier molecular flexibility index (Phi) is 4.57. The van der Waals surface area contributed by atoms with E-state index in [-0.39, 0.29) is 11.3 Å². The molecule has 0 unspecified atom stereocenters. The summed E-state index contributed by atoms with van der Waals surface area (Å²) in [7, 11) is 0. The smallest absolute Gasteiger partial charge is 0.255 e. The number of nitrogens with zero attached hydrogens (tertiary/aromatic N) is 2. The van der Waals surface area contributed by atoms with Crippen molar-refractivity contribution < 1.29 is 5.11 Å². The van der Waals surface area contributed by atoms with E-state index in [2.05, 4.69) is 9.88 Å². The zero-order chi connectivity index (χ0) is 17.2. The molecule has 1 aromatic heterocycles.